The van der Waals surface area contributed by atoms with Crippen LogP contribution < -0.4 is 5.32 Å². The first-order valence-electron chi connectivity index (χ1n) is 2.73. The van der Waals surface area contributed by atoms with Crippen LogP contribution in [0.25, 0.3) is 0 Å². The number of aromatic nitrogens is 1. The number of anilines is 1. The first-order valence-corrected chi connectivity index (χ1v) is 3.52. The summed E-state index contributed by atoms with van der Waals surface area (Å²) in [4.78, 5) is 3.69. The molecular weight excluding hydrogens is 199 g/mol. The van der Waals surface area contributed by atoms with Gasteiger partial charge in [-0.3, -0.25) is 0 Å². The van der Waals surface area contributed by atoms with Gasteiger partial charge in [0.05, 0.1) is 11.9 Å². The predicted octanol–water partition coefficient (Wildman–Crippen LogP) is 2.02. The second-order valence-electron chi connectivity index (χ2n) is 1.74. The van der Waals surface area contributed by atoms with E-state index in [1.54, 1.807) is 13.1 Å². The van der Waals surface area contributed by atoms with Gasteiger partial charge < -0.3 is 5.32 Å². The van der Waals surface area contributed by atoms with Crippen molar-refractivity contribution in [2.45, 2.75) is 0 Å². The van der Waals surface area contributed by atoms with Gasteiger partial charge in [-0.25, -0.2) is 9.37 Å². The van der Waals surface area contributed by atoms with E-state index >= 15 is 0 Å². The summed E-state index contributed by atoms with van der Waals surface area (Å²) >= 11 is 3.12. The lowest BCUT2D eigenvalue weighted by atomic mass is 10.4. The van der Waals surface area contributed by atoms with Gasteiger partial charge in [-0.1, -0.05) is 0 Å². The third-order valence-electron chi connectivity index (χ3n) is 1.09. The quantitative estimate of drug-likeness (QED) is 0.709. The van der Waals surface area contributed by atoms with Crippen molar-refractivity contribution in [3.8, 4) is 0 Å². The maximum absolute atomic E-state index is 12.6. The molecule has 0 fully saturated rings. The topological polar surface area (TPSA) is 24.9 Å². The number of pyridine rings is 1. The molecule has 0 radical (unpaired) electrons. The first kappa shape index (κ1) is 7.47. The molecule has 0 amide bonds. The summed E-state index contributed by atoms with van der Waals surface area (Å²) in [6.07, 6.45) is 1.16. The van der Waals surface area contributed by atoms with Crippen molar-refractivity contribution in [3.05, 3.63) is 22.7 Å². The van der Waals surface area contributed by atoms with E-state index in [0.29, 0.717) is 10.3 Å². The van der Waals surface area contributed by atoms with Crippen molar-refractivity contribution in [2.75, 3.05) is 12.4 Å². The Labute approximate surface area is 66.6 Å². The maximum Gasteiger partial charge on any atom is 0.164 e. The number of nitrogens with one attached hydrogen (secondary N) is 1. The van der Waals surface area contributed by atoms with Crippen LogP contribution in [0.4, 0.5) is 10.1 Å². The van der Waals surface area contributed by atoms with E-state index in [0.717, 1.165) is 6.20 Å². The molecular formula is C6H6BrFN2. The molecule has 1 aromatic rings. The average molecular weight is 205 g/mol. The highest BCUT2D eigenvalue weighted by Crippen LogP contribution is 2.15. The van der Waals surface area contributed by atoms with E-state index in [9.17, 15) is 4.39 Å². The van der Waals surface area contributed by atoms with Crippen LogP contribution in [-0.4, -0.2) is 12.0 Å². The molecule has 2 nitrogen and oxygen atoms in total. The Kier molecular flexibility index (Phi) is 2.21. The molecule has 1 aromatic heterocycles. The van der Waals surface area contributed by atoms with Crippen LogP contribution in [0.1, 0.15) is 0 Å². The van der Waals surface area contributed by atoms with Crippen LogP contribution in [0, 0.1) is 5.82 Å². The van der Waals surface area contributed by atoms with Crippen molar-refractivity contribution in [1.29, 1.82) is 0 Å². The highest BCUT2D eigenvalue weighted by Gasteiger charge is 1.99. The highest BCUT2D eigenvalue weighted by molar-refractivity contribution is 9.10. The summed E-state index contributed by atoms with van der Waals surface area (Å²) in [6, 6.07) is 1.58. The van der Waals surface area contributed by atoms with Gasteiger partial charge in [-0.05, 0) is 22.0 Å². The summed E-state index contributed by atoms with van der Waals surface area (Å²) in [6.45, 7) is 0. The van der Waals surface area contributed by atoms with Crippen molar-refractivity contribution in [1.82, 2.24) is 4.98 Å². The molecule has 0 aliphatic carbocycles. The number of hydrogen-bond acceptors (Lipinski definition) is 2. The van der Waals surface area contributed by atoms with E-state index in [2.05, 4.69) is 26.2 Å². The van der Waals surface area contributed by atoms with Crippen LogP contribution in [0.3, 0.4) is 0 Å². The third-order valence-corrected chi connectivity index (χ3v) is 1.52. The summed E-state index contributed by atoms with van der Waals surface area (Å²) < 4.78 is 13.2. The Morgan fingerprint density at radius 2 is 2.40 bits per heavy atom. The van der Waals surface area contributed by atoms with Crippen molar-refractivity contribution < 1.29 is 4.39 Å². The predicted molar refractivity (Wildman–Crippen MR) is 41.4 cm³/mol. The Morgan fingerprint density at radius 3 is 2.90 bits per heavy atom. The molecule has 0 aliphatic heterocycles. The zero-order valence-corrected chi connectivity index (χ0v) is 6.94. The van der Waals surface area contributed by atoms with Crippen LogP contribution in [0.5, 0.6) is 0 Å². The minimum absolute atomic E-state index is 0.342. The van der Waals surface area contributed by atoms with Gasteiger partial charge in [0.25, 0.3) is 0 Å². The Hall–Kier alpha value is -0.640. The van der Waals surface area contributed by atoms with E-state index in [4.69, 9.17) is 0 Å². The van der Waals surface area contributed by atoms with Gasteiger partial charge in [-0.2, -0.15) is 0 Å². The molecule has 1 rings (SSSR count). The summed E-state index contributed by atoms with van der Waals surface area (Å²) in [7, 11) is 1.66. The normalized spacial score (nSPS) is 9.50. The lowest BCUT2D eigenvalue weighted by Gasteiger charge is -1.99. The van der Waals surface area contributed by atoms with Gasteiger partial charge in [0.1, 0.15) is 4.60 Å². The highest BCUT2D eigenvalue weighted by atomic mass is 79.9. The van der Waals surface area contributed by atoms with E-state index in [1.807, 2.05) is 0 Å². The second-order valence-corrected chi connectivity index (χ2v) is 2.55. The molecule has 0 aromatic carbocycles. The molecule has 0 aliphatic rings. The van der Waals surface area contributed by atoms with Gasteiger partial charge >= 0.3 is 0 Å². The Bertz CT molecular complexity index is 239. The fraction of sp³-hybridized carbons (Fsp3) is 0.167. The average Bonchev–Trinajstić information content (AvgIpc) is 1.94. The second kappa shape index (κ2) is 2.96. The molecule has 1 heterocycles. The lowest BCUT2D eigenvalue weighted by molar-refractivity contribution is 0.624. The minimum Gasteiger partial charge on any atom is -0.386 e. The molecule has 54 valence electrons. The first-order chi connectivity index (χ1) is 4.74. The van der Waals surface area contributed by atoms with Gasteiger partial charge in [0.2, 0.25) is 0 Å². The molecule has 0 spiro atoms. The van der Waals surface area contributed by atoms with E-state index in [-0.39, 0.29) is 5.82 Å². The number of nitrogens with zero attached hydrogens (tertiary/aromatic N) is 1. The molecule has 0 saturated carbocycles. The van der Waals surface area contributed by atoms with Crippen LogP contribution in [0.15, 0.2) is 16.9 Å². The molecule has 0 unspecified atom stereocenters. The van der Waals surface area contributed by atoms with Crippen LogP contribution in [0.2, 0.25) is 0 Å². The fourth-order valence-electron chi connectivity index (χ4n) is 0.605. The molecule has 10 heavy (non-hydrogen) atoms. The lowest BCUT2D eigenvalue weighted by Crippen LogP contribution is -1.92. The van der Waals surface area contributed by atoms with Crippen molar-refractivity contribution >= 4 is 21.6 Å². The van der Waals surface area contributed by atoms with Crippen molar-refractivity contribution in [3.63, 3.8) is 0 Å². The SMILES string of the molecule is CNc1cc(Br)ncc1F. The van der Waals surface area contributed by atoms with Gasteiger partial charge in [0, 0.05) is 7.05 Å². The smallest absolute Gasteiger partial charge is 0.164 e. The molecule has 1 N–H and O–H groups in total. The zero-order chi connectivity index (χ0) is 7.56. The van der Waals surface area contributed by atoms with Gasteiger partial charge in [-0.15, -0.1) is 0 Å². The van der Waals surface area contributed by atoms with Gasteiger partial charge in [0.15, 0.2) is 5.82 Å². The van der Waals surface area contributed by atoms with Crippen molar-refractivity contribution in [2.24, 2.45) is 0 Å². The Morgan fingerprint density at radius 1 is 1.70 bits per heavy atom. The van der Waals surface area contributed by atoms with Crippen LogP contribution in [-0.2, 0) is 0 Å². The molecule has 4 heteroatoms. The zero-order valence-electron chi connectivity index (χ0n) is 5.36. The number of halogens is 2. The summed E-state index contributed by atoms with van der Waals surface area (Å²) in [5, 5.41) is 2.69. The summed E-state index contributed by atoms with van der Waals surface area (Å²) in [5.41, 5.74) is 0.446. The third kappa shape index (κ3) is 1.44. The summed E-state index contributed by atoms with van der Waals surface area (Å²) in [5.74, 6) is -0.342. The van der Waals surface area contributed by atoms with E-state index < -0.39 is 0 Å². The number of hydrogen-bond donors (Lipinski definition) is 1. The fourth-order valence-corrected chi connectivity index (χ4v) is 0.936. The van der Waals surface area contributed by atoms with Crippen LogP contribution >= 0.6 is 15.9 Å². The monoisotopic (exact) mass is 204 g/mol. The van der Waals surface area contributed by atoms with E-state index in [1.165, 1.54) is 0 Å². The maximum atomic E-state index is 12.6. The standard InChI is InChI=1S/C6H6BrFN2/c1-9-5-2-6(7)10-3-4(5)8/h2-3H,1H3,(H,9,10). The largest absolute Gasteiger partial charge is 0.386 e. The Balaban J connectivity index is 3.09. The molecule has 0 atom stereocenters. The molecule has 0 saturated heterocycles. The number of rotatable bonds is 1. The minimum atomic E-state index is -0.342. The molecule has 0 bridgehead atoms.